The Morgan fingerprint density at radius 2 is 1.68 bits per heavy atom. The SMILES string of the molecule is O=C(c1ccccc1)N1CCN(c2ccc(F)c(Cl)c2)CC1. The molecule has 0 N–H and O–H groups in total. The van der Waals surface area contributed by atoms with Gasteiger partial charge in [-0.3, -0.25) is 4.79 Å². The van der Waals surface area contributed by atoms with Gasteiger partial charge in [-0.25, -0.2) is 4.39 Å². The number of nitrogens with zero attached hydrogens (tertiary/aromatic N) is 2. The van der Waals surface area contributed by atoms with Crippen molar-refractivity contribution in [1.82, 2.24) is 4.90 Å². The van der Waals surface area contributed by atoms with Crippen LogP contribution in [0.5, 0.6) is 0 Å². The fraction of sp³-hybridized carbons (Fsp3) is 0.235. The van der Waals surface area contributed by atoms with Gasteiger partial charge in [0, 0.05) is 37.4 Å². The third-order valence-electron chi connectivity index (χ3n) is 3.86. The summed E-state index contributed by atoms with van der Waals surface area (Å²) in [6, 6.07) is 14.0. The largest absolute Gasteiger partial charge is 0.368 e. The van der Waals surface area contributed by atoms with Gasteiger partial charge in [-0.1, -0.05) is 29.8 Å². The van der Waals surface area contributed by atoms with Crippen molar-refractivity contribution in [2.75, 3.05) is 31.1 Å². The van der Waals surface area contributed by atoms with Gasteiger partial charge in [0.25, 0.3) is 5.91 Å². The van der Waals surface area contributed by atoms with Crippen LogP contribution in [0.25, 0.3) is 0 Å². The van der Waals surface area contributed by atoms with Gasteiger partial charge in [0.1, 0.15) is 5.82 Å². The van der Waals surface area contributed by atoms with Gasteiger partial charge in [0.2, 0.25) is 0 Å². The Morgan fingerprint density at radius 1 is 1.00 bits per heavy atom. The van der Waals surface area contributed by atoms with Gasteiger partial charge in [0.05, 0.1) is 5.02 Å². The van der Waals surface area contributed by atoms with Crippen molar-refractivity contribution in [3.05, 3.63) is 64.9 Å². The third-order valence-corrected chi connectivity index (χ3v) is 4.15. The minimum absolute atomic E-state index is 0.0531. The zero-order valence-corrected chi connectivity index (χ0v) is 12.8. The molecule has 0 bridgehead atoms. The van der Waals surface area contributed by atoms with Crippen LogP contribution in [0.15, 0.2) is 48.5 Å². The topological polar surface area (TPSA) is 23.6 Å². The monoisotopic (exact) mass is 318 g/mol. The van der Waals surface area contributed by atoms with Gasteiger partial charge in [-0.2, -0.15) is 0 Å². The molecule has 5 heteroatoms. The van der Waals surface area contributed by atoms with Crippen molar-refractivity contribution in [2.24, 2.45) is 0 Å². The quantitative estimate of drug-likeness (QED) is 0.847. The summed E-state index contributed by atoms with van der Waals surface area (Å²) in [5, 5.41) is 0.125. The van der Waals surface area contributed by atoms with Crippen LogP contribution in [-0.2, 0) is 0 Å². The van der Waals surface area contributed by atoms with E-state index in [-0.39, 0.29) is 10.9 Å². The molecule has 0 aliphatic carbocycles. The molecule has 3 nitrogen and oxygen atoms in total. The van der Waals surface area contributed by atoms with Crippen LogP contribution in [0.4, 0.5) is 10.1 Å². The smallest absolute Gasteiger partial charge is 0.253 e. The maximum atomic E-state index is 13.2. The third kappa shape index (κ3) is 3.07. The molecule has 1 aliphatic heterocycles. The first-order chi connectivity index (χ1) is 10.6. The molecule has 2 aromatic rings. The van der Waals surface area contributed by atoms with Crippen molar-refractivity contribution in [3.63, 3.8) is 0 Å². The van der Waals surface area contributed by atoms with Crippen molar-refractivity contribution in [1.29, 1.82) is 0 Å². The number of anilines is 1. The Kier molecular flexibility index (Phi) is 4.29. The van der Waals surface area contributed by atoms with E-state index < -0.39 is 5.82 Å². The molecule has 3 rings (SSSR count). The summed E-state index contributed by atoms with van der Waals surface area (Å²) in [5.74, 6) is -0.360. The second-order valence-electron chi connectivity index (χ2n) is 5.24. The zero-order chi connectivity index (χ0) is 15.5. The molecule has 114 valence electrons. The van der Waals surface area contributed by atoms with Crippen LogP contribution in [0, 0.1) is 5.82 Å². The number of rotatable bonds is 2. The standard InChI is InChI=1S/C17H16ClFN2O/c18-15-12-14(6-7-16(15)19)20-8-10-21(11-9-20)17(22)13-4-2-1-3-5-13/h1-7,12H,8-11H2. The molecule has 1 fully saturated rings. The number of hydrogen-bond acceptors (Lipinski definition) is 2. The molecule has 2 aromatic carbocycles. The lowest BCUT2D eigenvalue weighted by Crippen LogP contribution is -2.48. The fourth-order valence-corrected chi connectivity index (χ4v) is 2.79. The van der Waals surface area contributed by atoms with Crippen molar-refractivity contribution >= 4 is 23.2 Å². The number of benzene rings is 2. The highest BCUT2D eigenvalue weighted by atomic mass is 35.5. The molecule has 0 unspecified atom stereocenters. The van der Waals surface area contributed by atoms with E-state index in [9.17, 15) is 9.18 Å². The lowest BCUT2D eigenvalue weighted by atomic mass is 10.1. The molecule has 1 amide bonds. The summed E-state index contributed by atoms with van der Waals surface area (Å²) in [7, 11) is 0. The van der Waals surface area contributed by atoms with E-state index in [0.717, 1.165) is 5.69 Å². The molecule has 1 aliphatic rings. The highest BCUT2D eigenvalue weighted by Gasteiger charge is 2.22. The van der Waals surface area contributed by atoms with Gasteiger partial charge in [-0.15, -0.1) is 0 Å². The number of amides is 1. The van der Waals surface area contributed by atoms with Crippen LogP contribution in [0.3, 0.4) is 0 Å². The van der Waals surface area contributed by atoms with Crippen molar-refractivity contribution in [2.45, 2.75) is 0 Å². The summed E-state index contributed by atoms with van der Waals surface area (Å²) in [6.45, 7) is 2.70. The maximum absolute atomic E-state index is 13.2. The Bertz CT molecular complexity index is 670. The van der Waals surface area contributed by atoms with Crippen LogP contribution < -0.4 is 4.90 Å². The highest BCUT2D eigenvalue weighted by molar-refractivity contribution is 6.31. The summed E-state index contributed by atoms with van der Waals surface area (Å²) in [6.07, 6.45) is 0. The zero-order valence-electron chi connectivity index (χ0n) is 12.0. The molecule has 0 spiro atoms. The first-order valence-corrected chi connectivity index (χ1v) is 7.57. The number of halogens is 2. The van der Waals surface area contributed by atoms with Crippen molar-refractivity contribution in [3.8, 4) is 0 Å². The predicted molar refractivity (Wildman–Crippen MR) is 86.0 cm³/mol. The summed E-state index contributed by atoms with van der Waals surface area (Å²) in [5.41, 5.74) is 1.60. The number of carbonyl (C=O) groups excluding carboxylic acids is 1. The summed E-state index contributed by atoms with van der Waals surface area (Å²) < 4.78 is 13.2. The Morgan fingerprint density at radius 3 is 2.32 bits per heavy atom. The summed E-state index contributed by atoms with van der Waals surface area (Å²) in [4.78, 5) is 16.3. The van der Waals surface area contributed by atoms with E-state index in [2.05, 4.69) is 4.90 Å². The van der Waals surface area contributed by atoms with Gasteiger partial charge in [-0.05, 0) is 30.3 Å². The highest BCUT2D eigenvalue weighted by Crippen LogP contribution is 2.23. The number of carbonyl (C=O) groups is 1. The molecule has 1 saturated heterocycles. The number of piperazine rings is 1. The average Bonchev–Trinajstić information content (AvgIpc) is 2.58. The first-order valence-electron chi connectivity index (χ1n) is 7.19. The first kappa shape index (κ1) is 14.9. The second kappa shape index (κ2) is 6.36. The van der Waals surface area contributed by atoms with Gasteiger partial charge < -0.3 is 9.80 Å². The van der Waals surface area contributed by atoms with E-state index in [0.29, 0.717) is 31.7 Å². The Labute approximate surface area is 133 Å². The maximum Gasteiger partial charge on any atom is 0.253 e. The van der Waals surface area contributed by atoms with E-state index in [1.807, 2.05) is 35.2 Å². The predicted octanol–water partition coefficient (Wildman–Crippen LogP) is 3.44. The molecular weight excluding hydrogens is 303 g/mol. The van der Waals surface area contributed by atoms with Crippen LogP contribution >= 0.6 is 11.6 Å². The van der Waals surface area contributed by atoms with Gasteiger partial charge >= 0.3 is 0 Å². The lowest BCUT2D eigenvalue weighted by molar-refractivity contribution is 0.0747. The Hall–Kier alpha value is -2.07. The molecule has 1 heterocycles. The minimum Gasteiger partial charge on any atom is -0.368 e. The van der Waals surface area contributed by atoms with Crippen molar-refractivity contribution < 1.29 is 9.18 Å². The lowest BCUT2D eigenvalue weighted by Gasteiger charge is -2.36. The normalized spacial score (nSPS) is 15.0. The van der Waals surface area contributed by atoms with E-state index >= 15 is 0 Å². The fourth-order valence-electron chi connectivity index (χ4n) is 2.61. The molecule has 0 radical (unpaired) electrons. The Balaban J connectivity index is 1.65. The molecule has 0 atom stereocenters. The second-order valence-corrected chi connectivity index (χ2v) is 5.65. The molecule has 0 aromatic heterocycles. The van der Waals surface area contributed by atoms with Crippen LogP contribution in [0.2, 0.25) is 5.02 Å². The van der Waals surface area contributed by atoms with E-state index in [1.165, 1.54) is 6.07 Å². The number of hydrogen-bond donors (Lipinski definition) is 0. The molecule has 0 saturated carbocycles. The molecular formula is C17H16ClFN2O. The van der Waals surface area contributed by atoms with E-state index in [4.69, 9.17) is 11.6 Å². The summed E-state index contributed by atoms with van der Waals surface area (Å²) >= 11 is 5.83. The minimum atomic E-state index is -0.414. The van der Waals surface area contributed by atoms with Crippen LogP contribution in [0.1, 0.15) is 10.4 Å². The van der Waals surface area contributed by atoms with E-state index in [1.54, 1.807) is 12.1 Å². The van der Waals surface area contributed by atoms with Gasteiger partial charge in [0.15, 0.2) is 0 Å². The average molecular weight is 319 g/mol. The molecule has 22 heavy (non-hydrogen) atoms. The van der Waals surface area contributed by atoms with Crippen LogP contribution in [-0.4, -0.2) is 37.0 Å².